The summed E-state index contributed by atoms with van der Waals surface area (Å²) in [5, 5.41) is 3.06. The van der Waals surface area contributed by atoms with Crippen LogP contribution in [0.25, 0.3) is 0 Å². The van der Waals surface area contributed by atoms with Gasteiger partial charge in [0.1, 0.15) is 11.6 Å². The number of ether oxygens (including phenoxy) is 1. The van der Waals surface area contributed by atoms with Gasteiger partial charge < -0.3 is 10.1 Å². The van der Waals surface area contributed by atoms with Gasteiger partial charge in [0.25, 0.3) is 0 Å². The second kappa shape index (κ2) is 10.2. The first-order valence-electron chi connectivity index (χ1n) is 10.1. The third-order valence-corrected chi connectivity index (χ3v) is 5.40. The van der Waals surface area contributed by atoms with E-state index in [4.69, 9.17) is 4.74 Å². The molecule has 5 heteroatoms. The van der Waals surface area contributed by atoms with Crippen molar-refractivity contribution in [3.05, 3.63) is 65.5 Å². The van der Waals surface area contributed by atoms with Gasteiger partial charge >= 0.3 is 0 Å². The molecule has 0 radical (unpaired) electrons. The summed E-state index contributed by atoms with van der Waals surface area (Å²) >= 11 is 0. The Labute approximate surface area is 166 Å². The summed E-state index contributed by atoms with van der Waals surface area (Å²) in [7, 11) is 1.68. The van der Waals surface area contributed by atoms with Gasteiger partial charge in [0.15, 0.2) is 0 Å². The Bertz CT molecular complexity index is 775. The molecular formula is C23H29FN2O2. The number of amides is 1. The molecule has 2 aromatic rings. The summed E-state index contributed by atoms with van der Waals surface area (Å²) in [5.74, 6) is 0.536. The van der Waals surface area contributed by atoms with Crippen LogP contribution in [0.1, 0.15) is 42.9 Å². The van der Waals surface area contributed by atoms with Crippen LogP contribution in [0.5, 0.6) is 5.75 Å². The van der Waals surface area contributed by atoms with Gasteiger partial charge in [-0.2, -0.15) is 0 Å². The Morgan fingerprint density at radius 3 is 2.57 bits per heavy atom. The highest BCUT2D eigenvalue weighted by molar-refractivity contribution is 5.76. The number of nitrogens with zero attached hydrogens (tertiary/aromatic N) is 1. The van der Waals surface area contributed by atoms with Crippen molar-refractivity contribution < 1.29 is 13.9 Å². The molecule has 0 saturated carbocycles. The number of benzene rings is 2. The molecule has 1 amide bonds. The minimum Gasteiger partial charge on any atom is -0.496 e. The van der Waals surface area contributed by atoms with Crippen molar-refractivity contribution in [1.82, 2.24) is 10.2 Å². The smallest absolute Gasteiger partial charge is 0.220 e. The van der Waals surface area contributed by atoms with E-state index < -0.39 is 0 Å². The molecule has 0 bridgehead atoms. The molecule has 150 valence electrons. The normalized spacial score (nSPS) is 15.8. The number of hydrogen-bond acceptors (Lipinski definition) is 3. The predicted octanol–water partition coefficient (Wildman–Crippen LogP) is 4.11. The van der Waals surface area contributed by atoms with E-state index in [2.05, 4.69) is 16.3 Å². The number of carbonyl (C=O) groups excluding carboxylic acids is 1. The molecule has 1 atom stereocenters. The maximum atomic E-state index is 13.7. The Morgan fingerprint density at radius 1 is 1.11 bits per heavy atom. The highest BCUT2D eigenvalue weighted by atomic mass is 19.1. The van der Waals surface area contributed by atoms with Gasteiger partial charge in [0.05, 0.1) is 13.2 Å². The van der Waals surface area contributed by atoms with E-state index in [-0.39, 0.29) is 24.2 Å². The lowest BCUT2D eigenvalue weighted by atomic mass is 10.0. The van der Waals surface area contributed by atoms with Crippen molar-refractivity contribution in [2.75, 3.05) is 26.7 Å². The van der Waals surface area contributed by atoms with Crippen LogP contribution in [0, 0.1) is 5.82 Å². The van der Waals surface area contributed by atoms with E-state index in [0.717, 1.165) is 24.4 Å². The van der Waals surface area contributed by atoms with Crippen molar-refractivity contribution in [3.8, 4) is 5.75 Å². The van der Waals surface area contributed by atoms with E-state index in [1.54, 1.807) is 25.3 Å². The first-order valence-corrected chi connectivity index (χ1v) is 10.1. The maximum Gasteiger partial charge on any atom is 0.220 e. The number of piperidine rings is 1. The van der Waals surface area contributed by atoms with Gasteiger partial charge in [-0.3, -0.25) is 9.69 Å². The van der Waals surface area contributed by atoms with E-state index in [1.807, 2.05) is 18.2 Å². The largest absolute Gasteiger partial charge is 0.496 e. The van der Waals surface area contributed by atoms with Gasteiger partial charge in [-0.25, -0.2) is 4.39 Å². The monoisotopic (exact) mass is 384 g/mol. The molecule has 1 unspecified atom stereocenters. The molecule has 1 aliphatic rings. The SMILES string of the molecule is COc1ccccc1C(CNC(=O)CCc1ccccc1F)N1CCCCC1. The average molecular weight is 384 g/mol. The quantitative estimate of drug-likeness (QED) is 0.745. The van der Waals surface area contributed by atoms with E-state index in [1.165, 1.54) is 25.3 Å². The molecule has 0 aliphatic carbocycles. The number of nitrogens with one attached hydrogen (secondary N) is 1. The average Bonchev–Trinajstić information content (AvgIpc) is 2.74. The molecule has 1 N–H and O–H groups in total. The lowest BCUT2D eigenvalue weighted by molar-refractivity contribution is -0.121. The van der Waals surface area contributed by atoms with Gasteiger partial charge in [0, 0.05) is 18.5 Å². The standard InChI is InChI=1S/C23H29FN2O2/c1-28-22-12-6-4-10-19(22)21(26-15-7-2-8-16-26)17-25-23(27)14-13-18-9-3-5-11-20(18)24/h3-6,9-12,21H,2,7-8,13-17H2,1H3,(H,25,27). The van der Waals surface area contributed by atoms with Gasteiger partial charge in [-0.05, 0) is 50.0 Å². The first kappa shape index (κ1) is 20.3. The summed E-state index contributed by atoms with van der Waals surface area (Å²) in [6, 6.07) is 14.7. The molecule has 1 aliphatic heterocycles. The Balaban J connectivity index is 1.64. The predicted molar refractivity (Wildman–Crippen MR) is 109 cm³/mol. The van der Waals surface area contributed by atoms with Crippen LogP contribution >= 0.6 is 0 Å². The lowest BCUT2D eigenvalue weighted by Gasteiger charge is -2.35. The zero-order chi connectivity index (χ0) is 19.8. The number of halogens is 1. The van der Waals surface area contributed by atoms with E-state index in [0.29, 0.717) is 18.5 Å². The van der Waals surface area contributed by atoms with Gasteiger partial charge in [0.2, 0.25) is 5.91 Å². The fraction of sp³-hybridized carbons (Fsp3) is 0.435. The minimum absolute atomic E-state index is 0.0554. The van der Waals surface area contributed by atoms with E-state index in [9.17, 15) is 9.18 Å². The molecule has 1 fully saturated rings. The summed E-state index contributed by atoms with van der Waals surface area (Å²) in [5.41, 5.74) is 1.68. The van der Waals surface area contributed by atoms with Crippen LogP contribution in [0.2, 0.25) is 0 Å². The Morgan fingerprint density at radius 2 is 1.82 bits per heavy atom. The second-order valence-electron chi connectivity index (χ2n) is 7.25. The molecular weight excluding hydrogens is 355 g/mol. The fourth-order valence-electron chi connectivity index (χ4n) is 3.86. The van der Waals surface area contributed by atoms with Crippen LogP contribution in [0.3, 0.4) is 0 Å². The van der Waals surface area contributed by atoms with Gasteiger partial charge in [-0.15, -0.1) is 0 Å². The zero-order valence-corrected chi connectivity index (χ0v) is 16.5. The molecule has 1 heterocycles. The number of carbonyl (C=O) groups is 1. The number of methoxy groups -OCH3 is 1. The van der Waals surface area contributed by atoms with Crippen molar-refractivity contribution in [3.63, 3.8) is 0 Å². The van der Waals surface area contributed by atoms with Crippen LogP contribution < -0.4 is 10.1 Å². The first-order chi connectivity index (χ1) is 13.7. The summed E-state index contributed by atoms with van der Waals surface area (Å²) in [6.45, 7) is 2.57. The highest BCUT2D eigenvalue weighted by Gasteiger charge is 2.25. The van der Waals surface area contributed by atoms with Crippen LogP contribution in [-0.2, 0) is 11.2 Å². The number of aryl methyl sites for hydroxylation is 1. The third kappa shape index (κ3) is 5.32. The van der Waals surface area contributed by atoms with Crippen molar-refractivity contribution in [2.45, 2.75) is 38.1 Å². The molecule has 0 aromatic heterocycles. The number of hydrogen-bond donors (Lipinski definition) is 1. The second-order valence-corrected chi connectivity index (χ2v) is 7.25. The Kier molecular flexibility index (Phi) is 7.43. The summed E-state index contributed by atoms with van der Waals surface area (Å²) in [6.07, 6.45) is 4.28. The lowest BCUT2D eigenvalue weighted by Crippen LogP contribution is -2.40. The van der Waals surface area contributed by atoms with E-state index >= 15 is 0 Å². The molecule has 3 rings (SSSR count). The zero-order valence-electron chi connectivity index (χ0n) is 16.5. The fourth-order valence-corrected chi connectivity index (χ4v) is 3.86. The van der Waals surface area contributed by atoms with Crippen molar-refractivity contribution >= 4 is 5.91 Å². The molecule has 28 heavy (non-hydrogen) atoms. The van der Waals surface area contributed by atoms with Gasteiger partial charge in [-0.1, -0.05) is 42.8 Å². The highest BCUT2D eigenvalue weighted by Crippen LogP contribution is 2.30. The molecule has 1 saturated heterocycles. The number of likely N-dealkylation sites (tertiary alicyclic amines) is 1. The number of para-hydroxylation sites is 1. The third-order valence-electron chi connectivity index (χ3n) is 5.40. The van der Waals surface area contributed by atoms with Crippen LogP contribution in [0.15, 0.2) is 48.5 Å². The summed E-state index contributed by atoms with van der Waals surface area (Å²) < 4.78 is 19.3. The number of rotatable bonds is 8. The minimum atomic E-state index is -0.254. The summed E-state index contributed by atoms with van der Waals surface area (Å²) in [4.78, 5) is 14.8. The maximum absolute atomic E-state index is 13.7. The Hall–Kier alpha value is -2.40. The van der Waals surface area contributed by atoms with Crippen LogP contribution in [-0.4, -0.2) is 37.6 Å². The topological polar surface area (TPSA) is 41.6 Å². The molecule has 2 aromatic carbocycles. The van der Waals surface area contributed by atoms with Crippen molar-refractivity contribution in [2.24, 2.45) is 0 Å². The van der Waals surface area contributed by atoms with Crippen LogP contribution in [0.4, 0.5) is 4.39 Å². The molecule has 0 spiro atoms. The van der Waals surface area contributed by atoms with Crippen molar-refractivity contribution in [1.29, 1.82) is 0 Å². The molecule has 4 nitrogen and oxygen atoms in total.